The van der Waals surface area contributed by atoms with Gasteiger partial charge in [0.1, 0.15) is 12.2 Å². The third kappa shape index (κ3) is 7.17. The van der Waals surface area contributed by atoms with Crippen LogP contribution >= 0.6 is 11.3 Å². The minimum atomic E-state index is -5.08. The number of carboxylic acid groups (broad SMARTS) is 1. The molecule has 3 aromatic heterocycles. The molecule has 3 heterocycles. The molecule has 0 saturated carbocycles. The van der Waals surface area contributed by atoms with Crippen molar-refractivity contribution in [2.24, 2.45) is 5.73 Å². The number of aliphatic carboxylic acids is 1. The van der Waals surface area contributed by atoms with E-state index in [2.05, 4.69) is 25.4 Å². The van der Waals surface area contributed by atoms with Gasteiger partial charge in [0.25, 0.3) is 6.08 Å². The van der Waals surface area contributed by atoms with Gasteiger partial charge >= 0.3 is 17.8 Å². The van der Waals surface area contributed by atoms with Gasteiger partial charge in [0.05, 0.1) is 6.54 Å². The summed E-state index contributed by atoms with van der Waals surface area (Å²) in [5, 5.41) is 22.0. The molecule has 0 spiro atoms. The smallest absolute Gasteiger partial charge is 0.475 e. The Kier molecular flexibility index (Phi) is 8.67. The summed E-state index contributed by atoms with van der Waals surface area (Å²) in [5.41, 5.74) is 7.54. The largest absolute Gasteiger partial charge is 0.490 e. The number of aromatic nitrogens is 6. The number of benzene rings is 1. The highest BCUT2D eigenvalue weighted by Crippen LogP contribution is 2.29. The zero-order valence-corrected chi connectivity index (χ0v) is 19.4. The molecule has 0 fully saturated rings. The Hall–Kier alpha value is -4.18. The van der Waals surface area contributed by atoms with Crippen molar-refractivity contribution in [3.05, 3.63) is 74.9 Å². The maximum atomic E-state index is 12.9. The van der Waals surface area contributed by atoms with Gasteiger partial charge in [-0.25, -0.2) is 19.7 Å². The molecule has 0 atom stereocenters. The molecule has 0 aliphatic heterocycles. The zero-order chi connectivity index (χ0) is 27.2. The highest BCUT2D eigenvalue weighted by atomic mass is 32.1. The van der Waals surface area contributed by atoms with Crippen molar-refractivity contribution in [3.8, 4) is 22.5 Å². The number of hydrogen-bond acceptors (Lipinski definition) is 7. The van der Waals surface area contributed by atoms with Crippen molar-refractivity contribution in [1.82, 2.24) is 29.9 Å². The molecule has 0 unspecified atom stereocenters. The molecule has 0 radical (unpaired) electrons. The third-order valence-corrected chi connectivity index (χ3v) is 5.74. The summed E-state index contributed by atoms with van der Waals surface area (Å²) in [5.74, 6) is -1.87. The third-order valence-electron chi connectivity index (χ3n) is 4.82. The average Bonchev–Trinajstić information content (AvgIpc) is 3.61. The van der Waals surface area contributed by atoms with Crippen LogP contribution in [0, 0.1) is 0 Å². The predicted octanol–water partition coefficient (Wildman–Crippen LogP) is 3.42. The molecule has 37 heavy (non-hydrogen) atoms. The second-order valence-electron chi connectivity index (χ2n) is 7.30. The molecule has 4 aromatic rings. The maximum absolute atomic E-state index is 12.9. The Morgan fingerprint density at radius 3 is 2.43 bits per heavy atom. The molecule has 0 bridgehead atoms. The number of carboxylic acids is 1. The highest BCUT2D eigenvalue weighted by molar-refractivity contribution is 7.10. The standard InChI is InChI=1S/C19H17F2N7OS.C2HF3O2/c20-17(21)13(7-22)6-16-25-27-19(29)28(16)8-15-5-14(9-30-15)11-2-1-3-12(4-11)18-23-10-24-26-18;3-2(4,5)1(6)7/h1-5,9-10H,6-8,22H2,(H,27,29)(H,23,24,26);(H,6,7). The number of thiophene rings is 1. The van der Waals surface area contributed by atoms with E-state index >= 15 is 0 Å². The summed E-state index contributed by atoms with van der Waals surface area (Å²) in [6.07, 6.45) is -5.66. The first-order valence-corrected chi connectivity index (χ1v) is 11.1. The molecule has 10 nitrogen and oxygen atoms in total. The number of rotatable bonds is 7. The van der Waals surface area contributed by atoms with E-state index in [-0.39, 0.29) is 30.9 Å². The van der Waals surface area contributed by atoms with Gasteiger partial charge in [-0.2, -0.15) is 32.1 Å². The van der Waals surface area contributed by atoms with Crippen LogP contribution in [0.25, 0.3) is 22.5 Å². The van der Waals surface area contributed by atoms with Crippen LogP contribution in [-0.2, 0) is 17.8 Å². The zero-order valence-electron chi connectivity index (χ0n) is 18.6. The molecular formula is C21H18F5N7O3S. The van der Waals surface area contributed by atoms with Crippen LogP contribution in [0.15, 0.2) is 58.5 Å². The number of carbonyl (C=O) groups is 1. The average molecular weight is 543 g/mol. The number of aromatic amines is 2. The number of hydrogen-bond donors (Lipinski definition) is 4. The van der Waals surface area contributed by atoms with Crippen LogP contribution in [0.3, 0.4) is 0 Å². The minimum Gasteiger partial charge on any atom is -0.475 e. The van der Waals surface area contributed by atoms with Crippen molar-refractivity contribution >= 4 is 17.3 Å². The number of nitrogens with one attached hydrogen (secondary N) is 2. The normalized spacial score (nSPS) is 11.1. The van der Waals surface area contributed by atoms with E-state index in [9.17, 15) is 26.7 Å². The predicted molar refractivity (Wildman–Crippen MR) is 123 cm³/mol. The SMILES string of the molecule is NCC(Cc1n[nH]c(=O)n1Cc1cc(-c2cccc(-c3ncn[nH]3)c2)cs1)=C(F)F.O=C(O)C(F)(F)F. The van der Waals surface area contributed by atoms with Crippen molar-refractivity contribution in [2.75, 3.05) is 6.54 Å². The Balaban J connectivity index is 0.000000479. The second-order valence-corrected chi connectivity index (χ2v) is 8.29. The fraction of sp³-hybridized carbons (Fsp3) is 0.190. The van der Waals surface area contributed by atoms with E-state index in [0.717, 1.165) is 21.6 Å². The van der Waals surface area contributed by atoms with Crippen LogP contribution in [-0.4, -0.2) is 53.7 Å². The van der Waals surface area contributed by atoms with Crippen molar-refractivity contribution < 1.29 is 31.9 Å². The minimum absolute atomic E-state index is 0.185. The number of nitrogens with two attached hydrogens (primary N) is 1. The summed E-state index contributed by atoms with van der Waals surface area (Å²) < 4.78 is 59.0. The van der Waals surface area contributed by atoms with Gasteiger partial charge in [0.2, 0.25) is 0 Å². The Labute approximate surface area is 208 Å². The lowest BCUT2D eigenvalue weighted by atomic mass is 10.1. The van der Waals surface area contributed by atoms with E-state index in [4.69, 9.17) is 15.6 Å². The summed E-state index contributed by atoms with van der Waals surface area (Å²) in [4.78, 5) is 26.1. The molecule has 16 heteroatoms. The molecule has 4 rings (SSSR count). The molecule has 5 N–H and O–H groups in total. The summed E-state index contributed by atoms with van der Waals surface area (Å²) in [6, 6.07) is 9.78. The monoisotopic (exact) mass is 543 g/mol. The fourth-order valence-electron chi connectivity index (χ4n) is 3.02. The first-order valence-electron chi connectivity index (χ1n) is 10.2. The van der Waals surface area contributed by atoms with E-state index in [1.54, 1.807) is 0 Å². The van der Waals surface area contributed by atoms with Crippen LogP contribution in [0.5, 0.6) is 0 Å². The number of H-pyrrole nitrogens is 2. The molecule has 1 aromatic carbocycles. The van der Waals surface area contributed by atoms with Crippen molar-refractivity contribution in [3.63, 3.8) is 0 Å². The molecular weight excluding hydrogens is 525 g/mol. The van der Waals surface area contributed by atoms with Crippen LogP contribution in [0.1, 0.15) is 10.7 Å². The van der Waals surface area contributed by atoms with Gasteiger partial charge in [-0.15, -0.1) is 11.3 Å². The Morgan fingerprint density at radius 2 is 1.84 bits per heavy atom. The van der Waals surface area contributed by atoms with Crippen LogP contribution in [0.4, 0.5) is 22.0 Å². The lowest BCUT2D eigenvalue weighted by Crippen LogP contribution is -2.21. The molecule has 0 aliphatic carbocycles. The molecule has 0 saturated heterocycles. The second kappa shape index (κ2) is 11.7. The number of halogens is 5. The van der Waals surface area contributed by atoms with Gasteiger partial charge in [0, 0.05) is 29.0 Å². The number of nitrogens with zero attached hydrogens (tertiary/aromatic N) is 4. The first-order chi connectivity index (χ1) is 17.5. The lowest BCUT2D eigenvalue weighted by Gasteiger charge is -2.06. The molecule has 0 amide bonds. The van der Waals surface area contributed by atoms with Gasteiger partial charge in [-0.3, -0.25) is 9.67 Å². The summed E-state index contributed by atoms with van der Waals surface area (Å²) in [6.45, 7) is -0.0725. The first kappa shape index (κ1) is 27.4. The fourth-order valence-corrected chi connectivity index (χ4v) is 3.90. The molecule has 0 aliphatic rings. The summed E-state index contributed by atoms with van der Waals surface area (Å²) in [7, 11) is 0. The van der Waals surface area contributed by atoms with Gasteiger partial charge in [-0.05, 0) is 28.6 Å². The lowest BCUT2D eigenvalue weighted by molar-refractivity contribution is -0.192. The Bertz CT molecular complexity index is 1440. The summed E-state index contributed by atoms with van der Waals surface area (Å²) >= 11 is 1.47. The topological polar surface area (TPSA) is 156 Å². The van der Waals surface area contributed by atoms with E-state index in [1.807, 2.05) is 35.7 Å². The van der Waals surface area contributed by atoms with Crippen molar-refractivity contribution in [1.29, 1.82) is 0 Å². The van der Waals surface area contributed by atoms with E-state index in [0.29, 0.717) is 5.82 Å². The van der Waals surface area contributed by atoms with E-state index in [1.165, 1.54) is 22.2 Å². The maximum Gasteiger partial charge on any atom is 0.490 e. The van der Waals surface area contributed by atoms with Gasteiger partial charge < -0.3 is 10.8 Å². The number of alkyl halides is 3. The van der Waals surface area contributed by atoms with Crippen LogP contribution in [0.2, 0.25) is 0 Å². The molecule has 196 valence electrons. The quantitative estimate of drug-likeness (QED) is 0.260. The van der Waals surface area contributed by atoms with E-state index < -0.39 is 23.9 Å². The van der Waals surface area contributed by atoms with Crippen molar-refractivity contribution in [2.45, 2.75) is 19.1 Å². The Morgan fingerprint density at radius 1 is 1.14 bits per heavy atom. The van der Waals surface area contributed by atoms with Gasteiger partial charge in [0.15, 0.2) is 5.82 Å². The van der Waals surface area contributed by atoms with Gasteiger partial charge in [-0.1, -0.05) is 18.2 Å². The highest BCUT2D eigenvalue weighted by Gasteiger charge is 2.38. The van der Waals surface area contributed by atoms with Crippen LogP contribution < -0.4 is 11.4 Å².